The lowest BCUT2D eigenvalue weighted by Gasteiger charge is -2.49. The molecule has 0 radical (unpaired) electrons. The van der Waals surface area contributed by atoms with Gasteiger partial charge >= 0.3 is 0 Å². The molecular formula is C36H64. The number of rotatable bonds is 10. The molecule has 8 atom stereocenters. The maximum Gasteiger partial charge on any atom is -0.0383 e. The van der Waals surface area contributed by atoms with Gasteiger partial charge < -0.3 is 0 Å². The van der Waals surface area contributed by atoms with Gasteiger partial charge in [-0.1, -0.05) is 84.5 Å². The molecule has 0 aromatic heterocycles. The van der Waals surface area contributed by atoms with Gasteiger partial charge in [0.15, 0.2) is 0 Å². The smallest absolute Gasteiger partial charge is 0.0383 e. The van der Waals surface area contributed by atoms with Crippen LogP contribution in [0.5, 0.6) is 0 Å². The molecule has 36 heavy (non-hydrogen) atoms. The van der Waals surface area contributed by atoms with Crippen molar-refractivity contribution in [2.45, 2.75) is 168 Å². The molecule has 0 bridgehead atoms. The van der Waals surface area contributed by atoms with Gasteiger partial charge in [0, 0.05) is 0 Å². The van der Waals surface area contributed by atoms with Crippen molar-refractivity contribution < 1.29 is 0 Å². The third-order valence-corrected chi connectivity index (χ3v) is 13.1. The van der Waals surface area contributed by atoms with Crippen molar-refractivity contribution >= 4 is 0 Å². The maximum atomic E-state index is 2.40. The summed E-state index contributed by atoms with van der Waals surface area (Å²) >= 11 is 0. The summed E-state index contributed by atoms with van der Waals surface area (Å²) in [5.41, 5.74) is 0. The van der Waals surface area contributed by atoms with Crippen molar-refractivity contribution in [1.29, 1.82) is 0 Å². The summed E-state index contributed by atoms with van der Waals surface area (Å²) in [5.74, 6) is 11.1. The molecule has 5 rings (SSSR count). The van der Waals surface area contributed by atoms with Crippen LogP contribution in [0.4, 0.5) is 0 Å². The normalized spacial score (nSPS) is 43.5. The third-order valence-electron chi connectivity index (χ3n) is 13.1. The first kappa shape index (κ1) is 27.6. The van der Waals surface area contributed by atoms with Crippen molar-refractivity contribution in [3.8, 4) is 0 Å². The van der Waals surface area contributed by atoms with Gasteiger partial charge in [-0.2, -0.15) is 0 Å². The molecule has 0 spiro atoms. The second-order valence-corrected chi connectivity index (χ2v) is 15.2. The summed E-state index contributed by atoms with van der Waals surface area (Å²) in [6.45, 7) is 4.73. The molecule has 0 aromatic rings. The van der Waals surface area contributed by atoms with E-state index in [2.05, 4.69) is 13.8 Å². The third kappa shape index (κ3) is 7.14. The monoisotopic (exact) mass is 497 g/mol. The Morgan fingerprint density at radius 3 is 1.28 bits per heavy atom. The second kappa shape index (κ2) is 13.9. The van der Waals surface area contributed by atoms with E-state index < -0.39 is 0 Å². The van der Waals surface area contributed by atoms with Gasteiger partial charge in [0.05, 0.1) is 0 Å². The van der Waals surface area contributed by atoms with Crippen LogP contribution in [0, 0.1) is 59.2 Å². The first-order valence-electron chi connectivity index (χ1n) is 17.7. The Balaban J connectivity index is 1.01. The summed E-state index contributed by atoms with van der Waals surface area (Å²) in [5, 5.41) is 0. The molecule has 208 valence electrons. The van der Waals surface area contributed by atoms with E-state index in [1.165, 1.54) is 44.9 Å². The van der Waals surface area contributed by atoms with E-state index in [-0.39, 0.29) is 0 Å². The van der Waals surface area contributed by atoms with Crippen LogP contribution in [0.25, 0.3) is 0 Å². The Morgan fingerprint density at radius 1 is 0.333 bits per heavy atom. The fraction of sp³-hybridized carbons (Fsp3) is 1.00. The molecular weight excluding hydrogens is 432 g/mol. The van der Waals surface area contributed by atoms with Crippen molar-refractivity contribution in [2.24, 2.45) is 59.2 Å². The van der Waals surface area contributed by atoms with Crippen LogP contribution in [-0.4, -0.2) is 0 Å². The predicted octanol–water partition coefficient (Wildman–Crippen LogP) is 11.6. The van der Waals surface area contributed by atoms with Crippen molar-refractivity contribution in [2.75, 3.05) is 0 Å². The molecule has 0 amide bonds. The summed E-state index contributed by atoms with van der Waals surface area (Å²) in [4.78, 5) is 0. The van der Waals surface area contributed by atoms with E-state index in [9.17, 15) is 0 Å². The van der Waals surface area contributed by atoms with Gasteiger partial charge in [-0.05, 0) is 143 Å². The molecule has 5 aliphatic rings. The van der Waals surface area contributed by atoms with Gasteiger partial charge in [0.1, 0.15) is 0 Å². The lowest BCUT2D eigenvalue weighted by molar-refractivity contribution is 0.0173. The average Bonchev–Trinajstić information content (AvgIpc) is 2.92. The molecule has 0 saturated heterocycles. The van der Waals surface area contributed by atoms with Crippen LogP contribution in [-0.2, 0) is 0 Å². The lowest BCUT2D eigenvalue weighted by atomic mass is 9.56. The van der Waals surface area contributed by atoms with E-state index in [0.717, 1.165) is 59.2 Å². The summed E-state index contributed by atoms with van der Waals surface area (Å²) in [6, 6.07) is 0. The quantitative estimate of drug-likeness (QED) is 0.264. The van der Waals surface area contributed by atoms with E-state index >= 15 is 0 Å². The Kier molecular flexibility index (Phi) is 10.6. The van der Waals surface area contributed by atoms with E-state index in [1.54, 1.807) is 109 Å². The predicted molar refractivity (Wildman–Crippen MR) is 157 cm³/mol. The van der Waals surface area contributed by atoms with Crippen molar-refractivity contribution in [1.82, 2.24) is 0 Å². The van der Waals surface area contributed by atoms with Crippen LogP contribution >= 0.6 is 0 Å². The zero-order valence-corrected chi connectivity index (χ0v) is 24.7. The fourth-order valence-electron chi connectivity index (χ4n) is 10.9. The standard InChI is InChI=1S/C36H64/c1-3-5-6-7-8-10-27-11-14-29(15-12-27)31-18-20-35-26-36(22-21-33(35)24-31)34-19-17-30-23-28(9-4-2)13-16-32(30)25-34/h27-36H,3-26H2,1-2H3. The minimum absolute atomic E-state index is 1.09. The lowest BCUT2D eigenvalue weighted by Crippen LogP contribution is -2.38. The molecule has 0 aliphatic heterocycles. The van der Waals surface area contributed by atoms with E-state index in [1.807, 2.05) is 0 Å². The van der Waals surface area contributed by atoms with E-state index in [4.69, 9.17) is 0 Å². The molecule has 5 fully saturated rings. The number of hydrogen-bond acceptors (Lipinski definition) is 0. The molecule has 0 heteroatoms. The molecule has 0 nitrogen and oxygen atoms in total. The topological polar surface area (TPSA) is 0 Å². The van der Waals surface area contributed by atoms with E-state index in [0.29, 0.717) is 0 Å². The highest BCUT2D eigenvalue weighted by Crippen LogP contribution is 2.54. The minimum atomic E-state index is 1.09. The Labute approximate surface area is 226 Å². The largest absolute Gasteiger partial charge is 0.0654 e. The van der Waals surface area contributed by atoms with Crippen molar-refractivity contribution in [3.05, 3.63) is 0 Å². The number of hydrogen-bond donors (Lipinski definition) is 0. The second-order valence-electron chi connectivity index (χ2n) is 15.2. The number of fused-ring (bicyclic) bond motifs is 2. The zero-order valence-electron chi connectivity index (χ0n) is 24.7. The summed E-state index contributed by atoms with van der Waals surface area (Å²) in [6.07, 6.45) is 37.5. The van der Waals surface area contributed by atoms with Crippen LogP contribution in [0.1, 0.15) is 168 Å². The highest BCUT2D eigenvalue weighted by molar-refractivity contribution is 4.94. The van der Waals surface area contributed by atoms with Gasteiger partial charge in [-0.15, -0.1) is 0 Å². The molecule has 5 aliphatic carbocycles. The Morgan fingerprint density at radius 2 is 0.750 bits per heavy atom. The Hall–Kier alpha value is 0. The van der Waals surface area contributed by atoms with Crippen LogP contribution < -0.4 is 0 Å². The SMILES string of the molecule is CCCCCCCC1CCC(C2CCC3CC(C4CCC5CC(CCC)CCC5C4)CCC3C2)CC1. The molecule has 8 unspecified atom stereocenters. The van der Waals surface area contributed by atoms with Crippen molar-refractivity contribution in [3.63, 3.8) is 0 Å². The number of unbranched alkanes of at least 4 members (excludes halogenated alkanes) is 4. The zero-order chi connectivity index (χ0) is 24.7. The van der Waals surface area contributed by atoms with Gasteiger partial charge in [0.25, 0.3) is 0 Å². The summed E-state index contributed by atoms with van der Waals surface area (Å²) < 4.78 is 0. The summed E-state index contributed by atoms with van der Waals surface area (Å²) in [7, 11) is 0. The van der Waals surface area contributed by atoms with Crippen LogP contribution in [0.2, 0.25) is 0 Å². The molecule has 0 aromatic carbocycles. The fourth-order valence-corrected chi connectivity index (χ4v) is 10.9. The van der Waals surface area contributed by atoms with Gasteiger partial charge in [-0.25, -0.2) is 0 Å². The highest BCUT2D eigenvalue weighted by Gasteiger charge is 2.43. The molecule has 0 heterocycles. The highest BCUT2D eigenvalue weighted by atomic mass is 14.5. The van der Waals surface area contributed by atoms with Crippen LogP contribution in [0.15, 0.2) is 0 Å². The first-order valence-corrected chi connectivity index (χ1v) is 17.7. The van der Waals surface area contributed by atoms with Gasteiger partial charge in [0.2, 0.25) is 0 Å². The molecule has 5 saturated carbocycles. The average molecular weight is 497 g/mol. The van der Waals surface area contributed by atoms with Crippen LogP contribution in [0.3, 0.4) is 0 Å². The first-order chi connectivity index (χ1) is 17.7. The maximum absolute atomic E-state index is 2.40. The minimum Gasteiger partial charge on any atom is -0.0654 e. The molecule has 0 N–H and O–H groups in total. The Bertz CT molecular complexity index is 614. The van der Waals surface area contributed by atoms with Gasteiger partial charge in [-0.3, -0.25) is 0 Å².